The van der Waals surface area contributed by atoms with Crippen molar-refractivity contribution in [3.05, 3.63) is 35.4 Å². The van der Waals surface area contributed by atoms with Gasteiger partial charge in [-0.15, -0.1) is 0 Å². The van der Waals surface area contributed by atoms with Gasteiger partial charge in [0.2, 0.25) is 5.91 Å². The van der Waals surface area contributed by atoms with Crippen molar-refractivity contribution in [2.24, 2.45) is 11.7 Å². The molecule has 3 heteroatoms. The molecule has 3 N–H and O–H groups in total. The molecule has 0 aromatic heterocycles. The molecule has 0 fully saturated rings. The Labute approximate surface area is 110 Å². The van der Waals surface area contributed by atoms with Crippen LogP contribution >= 0.6 is 0 Å². The lowest BCUT2D eigenvalue weighted by molar-refractivity contribution is -0.124. The minimum atomic E-state index is -0.429. The predicted molar refractivity (Wildman–Crippen MR) is 75.2 cm³/mol. The topological polar surface area (TPSA) is 55.1 Å². The fourth-order valence-corrected chi connectivity index (χ4v) is 1.97. The van der Waals surface area contributed by atoms with E-state index in [4.69, 9.17) is 5.73 Å². The van der Waals surface area contributed by atoms with Gasteiger partial charge in [0.05, 0.1) is 12.1 Å². The molecular formula is C15H24N2O. The standard InChI is InChI=1S/C15H24N2O/c1-5-10(2)14(16)15(18)17-12(4)13-9-7-6-8-11(13)3/h6-10,12,14H,5,16H2,1-4H3,(H,17,18)/t10-,12-,14+/m0/s1. The summed E-state index contributed by atoms with van der Waals surface area (Å²) in [6.45, 7) is 8.08. The quantitative estimate of drug-likeness (QED) is 0.841. The van der Waals surface area contributed by atoms with Crippen LogP contribution < -0.4 is 11.1 Å². The summed E-state index contributed by atoms with van der Waals surface area (Å²) in [6.07, 6.45) is 0.910. The van der Waals surface area contributed by atoms with E-state index in [1.807, 2.05) is 52.0 Å². The van der Waals surface area contributed by atoms with Crippen LogP contribution in [0.2, 0.25) is 0 Å². The lowest BCUT2D eigenvalue weighted by atomic mass is 9.98. The molecule has 0 heterocycles. The fraction of sp³-hybridized carbons (Fsp3) is 0.533. The van der Waals surface area contributed by atoms with Gasteiger partial charge in [-0.05, 0) is 30.9 Å². The van der Waals surface area contributed by atoms with E-state index in [2.05, 4.69) is 5.32 Å². The second kappa shape index (κ2) is 6.55. The van der Waals surface area contributed by atoms with Gasteiger partial charge in [0.1, 0.15) is 0 Å². The first-order valence-corrected chi connectivity index (χ1v) is 6.58. The minimum Gasteiger partial charge on any atom is -0.348 e. The number of hydrogen-bond acceptors (Lipinski definition) is 2. The summed E-state index contributed by atoms with van der Waals surface area (Å²) in [5.74, 6) is 0.133. The van der Waals surface area contributed by atoms with Gasteiger partial charge in [0.15, 0.2) is 0 Å². The highest BCUT2D eigenvalue weighted by Crippen LogP contribution is 2.17. The lowest BCUT2D eigenvalue weighted by Crippen LogP contribution is -2.45. The van der Waals surface area contributed by atoms with Gasteiger partial charge in [-0.25, -0.2) is 0 Å². The van der Waals surface area contributed by atoms with Crippen LogP contribution in [0.25, 0.3) is 0 Å². The number of benzene rings is 1. The number of carbonyl (C=O) groups excluding carboxylic acids is 1. The number of nitrogens with two attached hydrogens (primary N) is 1. The number of rotatable bonds is 5. The van der Waals surface area contributed by atoms with E-state index in [1.165, 1.54) is 5.56 Å². The highest BCUT2D eigenvalue weighted by molar-refractivity contribution is 5.82. The van der Waals surface area contributed by atoms with Crippen molar-refractivity contribution >= 4 is 5.91 Å². The first-order valence-electron chi connectivity index (χ1n) is 6.58. The minimum absolute atomic E-state index is 0.00574. The zero-order valence-corrected chi connectivity index (χ0v) is 11.7. The van der Waals surface area contributed by atoms with Crippen LogP contribution in [0.4, 0.5) is 0 Å². The summed E-state index contributed by atoms with van der Waals surface area (Å²) < 4.78 is 0. The van der Waals surface area contributed by atoms with E-state index >= 15 is 0 Å². The van der Waals surface area contributed by atoms with Crippen molar-refractivity contribution in [1.82, 2.24) is 5.32 Å². The van der Waals surface area contributed by atoms with Crippen molar-refractivity contribution in [1.29, 1.82) is 0 Å². The number of nitrogens with one attached hydrogen (secondary N) is 1. The molecule has 0 saturated carbocycles. The molecule has 1 aromatic rings. The second-order valence-electron chi connectivity index (χ2n) is 5.00. The maximum absolute atomic E-state index is 12.0. The largest absolute Gasteiger partial charge is 0.348 e. The molecule has 1 rings (SSSR count). The van der Waals surface area contributed by atoms with Crippen LogP contribution in [-0.4, -0.2) is 11.9 Å². The van der Waals surface area contributed by atoms with E-state index in [9.17, 15) is 4.79 Å². The van der Waals surface area contributed by atoms with Gasteiger partial charge in [-0.1, -0.05) is 44.5 Å². The summed E-state index contributed by atoms with van der Waals surface area (Å²) >= 11 is 0. The third kappa shape index (κ3) is 3.57. The molecule has 0 bridgehead atoms. The van der Waals surface area contributed by atoms with Gasteiger partial charge in [-0.2, -0.15) is 0 Å². The van der Waals surface area contributed by atoms with Crippen LogP contribution in [-0.2, 0) is 4.79 Å². The molecule has 1 amide bonds. The Morgan fingerprint density at radius 2 is 1.94 bits per heavy atom. The number of aryl methyl sites for hydroxylation is 1. The number of carbonyl (C=O) groups is 1. The van der Waals surface area contributed by atoms with Gasteiger partial charge in [0, 0.05) is 0 Å². The highest BCUT2D eigenvalue weighted by Gasteiger charge is 2.21. The molecule has 100 valence electrons. The molecule has 18 heavy (non-hydrogen) atoms. The lowest BCUT2D eigenvalue weighted by Gasteiger charge is -2.22. The van der Waals surface area contributed by atoms with Crippen LogP contribution in [0.1, 0.15) is 44.4 Å². The van der Waals surface area contributed by atoms with Gasteiger partial charge in [0.25, 0.3) is 0 Å². The third-order valence-electron chi connectivity index (χ3n) is 3.57. The molecular weight excluding hydrogens is 224 g/mol. The molecule has 0 unspecified atom stereocenters. The maximum atomic E-state index is 12.0. The van der Waals surface area contributed by atoms with E-state index in [-0.39, 0.29) is 17.9 Å². The molecule has 0 aliphatic rings. The normalized spacial score (nSPS) is 15.8. The van der Waals surface area contributed by atoms with Crippen LogP contribution in [0.15, 0.2) is 24.3 Å². The fourth-order valence-electron chi connectivity index (χ4n) is 1.97. The summed E-state index contributed by atoms with van der Waals surface area (Å²) in [5, 5.41) is 2.99. The molecule has 0 radical (unpaired) electrons. The first-order chi connectivity index (χ1) is 8.47. The molecule has 1 aromatic carbocycles. The smallest absolute Gasteiger partial charge is 0.237 e. The van der Waals surface area contributed by atoms with E-state index in [0.717, 1.165) is 12.0 Å². The van der Waals surface area contributed by atoms with Gasteiger partial charge in [-0.3, -0.25) is 4.79 Å². The Kier molecular flexibility index (Phi) is 5.35. The average Bonchev–Trinajstić information content (AvgIpc) is 2.37. The second-order valence-corrected chi connectivity index (χ2v) is 5.00. The van der Waals surface area contributed by atoms with Crippen molar-refractivity contribution < 1.29 is 4.79 Å². The van der Waals surface area contributed by atoms with Gasteiger partial charge < -0.3 is 11.1 Å². The van der Waals surface area contributed by atoms with E-state index < -0.39 is 6.04 Å². The van der Waals surface area contributed by atoms with E-state index in [0.29, 0.717) is 0 Å². The van der Waals surface area contributed by atoms with Crippen LogP contribution in [0, 0.1) is 12.8 Å². The van der Waals surface area contributed by atoms with Crippen molar-refractivity contribution in [3.8, 4) is 0 Å². The molecule has 0 aliphatic heterocycles. The number of hydrogen-bond donors (Lipinski definition) is 2. The van der Waals surface area contributed by atoms with Crippen molar-refractivity contribution in [3.63, 3.8) is 0 Å². The van der Waals surface area contributed by atoms with Crippen LogP contribution in [0.3, 0.4) is 0 Å². The molecule has 0 saturated heterocycles. The average molecular weight is 248 g/mol. The predicted octanol–water partition coefficient (Wildman–Crippen LogP) is 2.55. The molecule has 0 spiro atoms. The Morgan fingerprint density at radius 1 is 1.33 bits per heavy atom. The van der Waals surface area contributed by atoms with E-state index in [1.54, 1.807) is 0 Å². The zero-order chi connectivity index (χ0) is 13.7. The Bertz CT molecular complexity index is 403. The van der Waals surface area contributed by atoms with Gasteiger partial charge >= 0.3 is 0 Å². The summed E-state index contributed by atoms with van der Waals surface area (Å²) in [7, 11) is 0. The summed E-state index contributed by atoms with van der Waals surface area (Å²) in [6, 6.07) is 7.63. The molecule has 3 nitrogen and oxygen atoms in total. The zero-order valence-electron chi connectivity index (χ0n) is 11.7. The maximum Gasteiger partial charge on any atom is 0.237 e. The summed E-state index contributed by atoms with van der Waals surface area (Å²) in [4.78, 5) is 12.0. The molecule has 3 atom stereocenters. The Balaban J connectivity index is 2.68. The Morgan fingerprint density at radius 3 is 2.50 bits per heavy atom. The Hall–Kier alpha value is -1.35. The van der Waals surface area contributed by atoms with Crippen molar-refractivity contribution in [2.75, 3.05) is 0 Å². The first kappa shape index (κ1) is 14.7. The summed E-state index contributed by atoms with van der Waals surface area (Å²) in [5.41, 5.74) is 8.25. The highest BCUT2D eigenvalue weighted by atomic mass is 16.2. The van der Waals surface area contributed by atoms with Crippen LogP contribution in [0.5, 0.6) is 0 Å². The third-order valence-corrected chi connectivity index (χ3v) is 3.57. The monoisotopic (exact) mass is 248 g/mol. The molecule has 0 aliphatic carbocycles. The SMILES string of the molecule is CC[C@H](C)[C@@H](N)C(=O)N[C@@H](C)c1ccccc1C. The number of amides is 1. The van der Waals surface area contributed by atoms with Crippen molar-refractivity contribution in [2.45, 2.75) is 46.2 Å².